The molecule has 0 saturated heterocycles. The molecule has 2 aromatic rings. The van der Waals surface area contributed by atoms with E-state index in [0.717, 1.165) is 24.3 Å². The minimum atomic E-state index is -4.44. The first-order valence-corrected chi connectivity index (χ1v) is 7.43. The van der Waals surface area contributed by atoms with E-state index in [2.05, 4.69) is 0 Å². The molecular formula is C19H12F4O2. The molecule has 0 heterocycles. The molecule has 0 spiro atoms. The fourth-order valence-corrected chi connectivity index (χ4v) is 2.80. The molecule has 0 unspecified atom stereocenters. The van der Waals surface area contributed by atoms with E-state index >= 15 is 0 Å². The maximum Gasteiger partial charge on any atom is 0.416 e. The Morgan fingerprint density at radius 2 is 1.52 bits per heavy atom. The minimum absolute atomic E-state index is 0.00446. The number of fused-ring (bicyclic) bond motifs is 1. The van der Waals surface area contributed by atoms with Crippen LogP contribution in [0.4, 0.5) is 17.6 Å². The second kappa shape index (κ2) is 5.95. The summed E-state index contributed by atoms with van der Waals surface area (Å²) >= 11 is 0. The first-order chi connectivity index (χ1) is 11.7. The number of hydrogen-bond acceptors (Lipinski definition) is 2. The number of halogens is 4. The molecule has 0 N–H and O–H groups in total. The van der Waals surface area contributed by atoms with E-state index in [0.29, 0.717) is 5.56 Å². The Hall–Kier alpha value is -2.76. The normalized spacial score (nSPS) is 14.8. The highest BCUT2D eigenvalue weighted by atomic mass is 19.4. The van der Waals surface area contributed by atoms with Gasteiger partial charge in [-0.15, -0.1) is 0 Å². The van der Waals surface area contributed by atoms with Gasteiger partial charge in [0.15, 0.2) is 11.6 Å². The minimum Gasteiger partial charge on any atom is -0.289 e. The third kappa shape index (κ3) is 3.12. The van der Waals surface area contributed by atoms with Crippen LogP contribution in [0.3, 0.4) is 0 Å². The van der Waals surface area contributed by atoms with Crippen molar-refractivity contribution in [3.63, 3.8) is 0 Å². The van der Waals surface area contributed by atoms with Crippen LogP contribution >= 0.6 is 0 Å². The summed E-state index contributed by atoms with van der Waals surface area (Å²) in [5, 5.41) is 0. The van der Waals surface area contributed by atoms with E-state index in [1.54, 1.807) is 0 Å². The van der Waals surface area contributed by atoms with Crippen LogP contribution in [0, 0.1) is 5.82 Å². The second-order valence-corrected chi connectivity index (χ2v) is 5.82. The molecule has 0 amide bonds. The molecule has 2 nitrogen and oxygen atoms in total. The Labute approximate surface area is 140 Å². The van der Waals surface area contributed by atoms with Gasteiger partial charge in [0.1, 0.15) is 5.82 Å². The average molecular weight is 348 g/mol. The van der Waals surface area contributed by atoms with Gasteiger partial charge in [-0.25, -0.2) is 4.39 Å². The molecule has 0 saturated carbocycles. The maximum absolute atomic E-state index is 13.4. The van der Waals surface area contributed by atoms with Crippen LogP contribution in [0.15, 0.2) is 53.6 Å². The first-order valence-electron chi connectivity index (χ1n) is 7.43. The third-order valence-electron chi connectivity index (χ3n) is 4.20. The van der Waals surface area contributed by atoms with Crippen molar-refractivity contribution in [3.05, 3.63) is 81.7 Å². The number of carbonyl (C=O) groups is 2. The van der Waals surface area contributed by atoms with Crippen molar-refractivity contribution in [1.29, 1.82) is 0 Å². The molecule has 1 aliphatic rings. The summed E-state index contributed by atoms with van der Waals surface area (Å²) in [6, 6.07) is 7.77. The van der Waals surface area contributed by atoms with Crippen molar-refractivity contribution >= 4 is 11.6 Å². The van der Waals surface area contributed by atoms with Crippen LogP contribution in [0.2, 0.25) is 0 Å². The van der Waals surface area contributed by atoms with Crippen LogP contribution in [0.25, 0.3) is 0 Å². The zero-order valence-electron chi connectivity index (χ0n) is 13.1. The van der Waals surface area contributed by atoms with Gasteiger partial charge in [-0.1, -0.05) is 12.1 Å². The standard InChI is InChI=1S/C19H12F4O2/c1-10-15(8-11-2-4-12(5-3-11)19(21,22)23)18(25)16-9-13(20)6-7-14(16)17(10)24/h2-7,9H,8H2,1H3. The molecule has 2 aromatic carbocycles. The van der Waals surface area contributed by atoms with Crippen molar-refractivity contribution < 1.29 is 27.2 Å². The topological polar surface area (TPSA) is 34.1 Å². The van der Waals surface area contributed by atoms with Gasteiger partial charge in [-0.2, -0.15) is 13.2 Å². The molecule has 25 heavy (non-hydrogen) atoms. The van der Waals surface area contributed by atoms with Gasteiger partial charge in [-0.3, -0.25) is 9.59 Å². The molecule has 0 atom stereocenters. The number of alkyl halides is 3. The lowest BCUT2D eigenvalue weighted by Crippen LogP contribution is -2.22. The Morgan fingerprint density at radius 3 is 2.12 bits per heavy atom. The van der Waals surface area contributed by atoms with E-state index in [-0.39, 0.29) is 34.5 Å². The number of rotatable bonds is 2. The Balaban J connectivity index is 1.96. The zero-order chi connectivity index (χ0) is 18.4. The van der Waals surface area contributed by atoms with Gasteiger partial charge >= 0.3 is 6.18 Å². The number of carbonyl (C=O) groups excluding carboxylic acids is 2. The lowest BCUT2D eigenvalue weighted by atomic mass is 9.82. The van der Waals surface area contributed by atoms with E-state index in [4.69, 9.17) is 0 Å². The van der Waals surface area contributed by atoms with E-state index in [1.807, 2.05) is 0 Å². The molecule has 0 bridgehead atoms. The maximum atomic E-state index is 13.4. The van der Waals surface area contributed by atoms with E-state index in [1.165, 1.54) is 25.1 Å². The Morgan fingerprint density at radius 1 is 0.880 bits per heavy atom. The number of Topliss-reactive ketones (excluding diaryl/α,β-unsaturated/α-hetero) is 2. The highest BCUT2D eigenvalue weighted by Crippen LogP contribution is 2.31. The lowest BCUT2D eigenvalue weighted by molar-refractivity contribution is -0.137. The van der Waals surface area contributed by atoms with Crippen LogP contribution in [-0.4, -0.2) is 11.6 Å². The fraction of sp³-hybridized carbons (Fsp3) is 0.158. The summed E-state index contributed by atoms with van der Waals surface area (Å²) in [4.78, 5) is 25.0. The number of benzene rings is 2. The lowest BCUT2D eigenvalue weighted by Gasteiger charge is -2.19. The summed E-state index contributed by atoms with van der Waals surface area (Å²) in [5.41, 5.74) is 0.188. The SMILES string of the molecule is CC1=C(Cc2ccc(C(F)(F)F)cc2)C(=O)c2cc(F)ccc2C1=O. The highest BCUT2D eigenvalue weighted by Gasteiger charge is 2.31. The summed E-state index contributed by atoms with van der Waals surface area (Å²) in [5.74, 6) is -1.49. The summed E-state index contributed by atoms with van der Waals surface area (Å²) < 4.78 is 51.3. The molecular weight excluding hydrogens is 336 g/mol. The van der Waals surface area contributed by atoms with Crippen molar-refractivity contribution in [2.75, 3.05) is 0 Å². The van der Waals surface area contributed by atoms with Crippen LogP contribution < -0.4 is 0 Å². The molecule has 6 heteroatoms. The van der Waals surface area contributed by atoms with Gasteiger partial charge in [0, 0.05) is 28.7 Å². The largest absolute Gasteiger partial charge is 0.416 e. The molecule has 0 aromatic heterocycles. The summed E-state index contributed by atoms with van der Waals surface area (Å²) in [6.45, 7) is 1.49. The average Bonchev–Trinajstić information content (AvgIpc) is 2.56. The van der Waals surface area contributed by atoms with Crippen molar-refractivity contribution in [2.24, 2.45) is 0 Å². The molecule has 0 radical (unpaired) electrons. The van der Waals surface area contributed by atoms with Crippen LogP contribution in [-0.2, 0) is 12.6 Å². The van der Waals surface area contributed by atoms with Crippen molar-refractivity contribution in [1.82, 2.24) is 0 Å². The molecule has 1 aliphatic carbocycles. The van der Waals surface area contributed by atoms with E-state index in [9.17, 15) is 27.2 Å². The fourth-order valence-electron chi connectivity index (χ4n) is 2.80. The van der Waals surface area contributed by atoms with Crippen LogP contribution in [0.1, 0.15) is 38.8 Å². The third-order valence-corrected chi connectivity index (χ3v) is 4.20. The van der Waals surface area contributed by atoms with Gasteiger partial charge in [0.25, 0.3) is 0 Å². The predicted octanol–water partition coefficient (Wildman–Crippen LogP) is 4.78. The second-order valence-electron chi connectivity index (χ2n) is 5.82. The van der Waals surface area contributed by atoms with Gasteiger partial charge in [0.05, 0.1) is 5.56 Å². The number of hydrogen-bond donors (Lipinski definition) is 0. The van der Waals surface area contributed by atoms with Crippen LogP contribution in [0.5, 0.6) is 0 Å². The Kier molecular flexibility index (Phi) is 4.06. The monoisotopic (exact) mass is 348 g/mol. The summed E-state index contributed by atoms with van der Waals surface area (Å²) in [7, 11) is 0. The molecule has 0 fully saturated rings. The Bertz CT molecular complexity index is 906. The predicted molar refractivity (Wildman–Crippen MR) is 82.9 cm³/mol. The van der Waals surface area contributed by atoms with E-state index < -0.39 is 23.3 Å². The summed E-state index contributed by atoms with van der Waals surface area (Å²) in [6.07, 6.45) is -4.44. The number of ketones is 2. The molecule has 128 valence electrons. The van der Waals surface area contributed by atoms with Crippen molar-refractivity contribution in [2.45, 2.75) is 19.5 Å². The quantitative estimate of drug-likeness (QED) is 0.732. The van der Waals surface area contributed by atoms with Crippen molar-refractivity contribution in [3.8, 4) is 0 Å². The smallest absolute Gasteiger partial charge is 0.289 e. The van der Waals surface area contributed by atoms with Gasteiger partial charge in [-0.05, 0) is 42.8 Å². The highest BCUT2D eigenvalue weighted by molar-refractivity contribution is 6.26. The van der Waals surface area contributed by atoms with Gasteiger partial charge in [0.2, 0.25) is 0 Å². The molecule has 0 aliphatic heterocycles. The number of allylic oxidation sites excluding steroid dienone is 2. The molecule has 3 rings (SSSR count). The first kappa shape index (κ1) is 17.1. The zero-order valence-corrected chi connectivity index (χ0v) is 13.1. The van der Waals surface area contributed by atoms with Gasteiger partial charge < -0.3 is 0 Å².